The maximum Gasteiger partial charge on any atom is 0.228 e. The van der Waals surface area contributed by atoms with Crippen LogP contribution in [-0.2, 0) is 22.6 Å². The molecule has 3 aliphatic rings. The minimum absolute atomic E-state index is 0.00364. The van der Waals surface area contributed by atoms with Gasteiger partial charge in [0, 0.05) is 52.1 Å². The molecule has 0 aliphatic carbocycles. The summed E-state index contributed by atoms with van der Waals surface area (Å²) in [5.74, 6) is 1.01. The zero-order chi connectivity index (χ0) is 22.1. The predicted molar refractivity (Wildman–Crippen MR) is 122 cm³/mol. The molecule has 0 radical (unpaired) electrons. The van der Waals surface area contributed by atoms with Gasteiger partial charge < -0.3 is 14.5 Å². The summed E-state index contributed by atoms with van der Waals surface area (Å²) in [7, 11) is 0. The fourth-order valence-electron chi connectivity index (χ4n) is 5.16. The van der Waals surface area contributed by atoms with Crippen LogP contribution >= 0.6 is 0 Å². The first kappa shape index (κ1) is 21.0. The van der Waals surface area contributed by atoms with Crippen LogP contribution in [0, 0.1) is 5.92 Å². The number of amides is 2. The van der Waals surface area contributed by atoms with E-state index in [-0.39, 0.29) is 23.8 Å². The number of rotatable bonds is 5. The summed E-state index contributed by atoms with van der Waals surface area (Å²) in [6.07, 6.45) is 1.32. The Labute approximate surface area is 189 Å². The second-order valence-electron chi connectivity index (χ2n) is 9.18. The van der Waals surface area contributed by atoms with Crippen molar-refractivity contribution in [2.24, 2.45) is 5.92 Å². The van der Waals surface area contributed by atoms with Gasteiger partial charge in [0.05, 0.1) is 18.6 Å². The Hall–Kier alpha value is -2.86. The highest BCUT2D eigenvalue weighted by atomic mass is 16.5. The van der Waals surface area contributed by atoms with Crippen molar-refractivity contribution in [3.8, 4) is 5.75 Å². The van der Waals surface area contributed by atoms with Gasteiger partial charge in [-0.1, -0.05) is 42.5 Å². The first-order chi connectivity index (χ1) is 15.6. The number of fused-ring (bicyclic) bond motifs is 1. The Morgan fingerprint density at radius 3 is 2.66 bits per heavy atom. The number of likely N-dealkylation sites (tertiary alicyclic amines) is 1. The lowest BCUT2D eigenvalue weighted by molar-refractivity contribution is -0.137. The first-order valence-corrected chi connectivity index (χ1v) is 11.7. The van der Waals surface area contributed by atoms with E-state index < -0.39 is 0 Å². The molecule has 0 N–H and O–H groups in total. The first-order valence-electron chi connectivity index (χ1n) is 11.7. The number of piperazine rings is 1. The van der Waals surface area contributed by atoms with Crippen molar-refractivity contribution in [2.45, 2.75) is 32.4 Å². The second-order valence-corrected chi connectivity index (χ2v) is 9.18. The highest BCUT2D eigenvalue weighted by Crippen LogP contribution is 2.30. The summed E-state index contributed by atoms with van der Waals surface area (Å²) >= 11 is 0. The van der Waals surface area contributed by atoms with Crippen LogP contribution in [0.5, 0.6) is 5.75 Å². The van der Waals surface area contributed by atoms with Gasteiger partial charge in [0.15, 0.2) is 0 Å². The molecule has 2 atom stereocenters. The molecule has 2 fully saturated rings. The van der Waals surface area contributed by atoms with Crippen LogP contribution in [0.3, 0.4) is 0 Å². The van der Waals surface area contributed by atoms with Gasteiger partial charge in [0.1, 0.15) is 5.75 Å². The largest absolute Gasteiger partial charge is 0.493 e. The highest BCUT2D eigenvalue weighted by Gasteiger charge is 2.39. The number of hydrogen-bond acceptors (Lipinski definition) is 4. The van der Waals surface area contributed by atoms with Gasteiger partial charge in [-0.05, 0) is 29.7 Å². The molecule has 5 rings (SSSR count). The molecule has 6 heteroatoms. The average molecular weight is 434 g/mol. The lowest BCUT2D eigenvalue weighted by atomic mass is 10.1. The van der Waals surface area contributed by atoms with Gasteiger partial charge in [0.25, 0.3) is 0 Å². The fraction of sp³-hybridized carbons (Fsp3) is 0.462. The van der Waals surface area contributed by atoms with Crippen molar-refractivity contribution in [3.05, 3.63) is 65.2 Å². The second kappa shape index (κ2) is 8.94. The van der Waals surface area contributed by atoms with E-state index in [0.29, 0.717) is 13.0 Å². The minimum Gasteiger partial charge on any atom is -0.493 e. The van der Waals surface area contributed by atoms with Crippen molar-refractivity contribution < 1.29 is 14.3 Å². The Morgan fingerprint density at radius 1 is 1.09 bits per heavy atom. The van der Waals surface area contributed by atoms with Gasteiger partial charge in [-0.15, -0.1) is 0 Å². The Kier molecular flexibility index (Phi) is 5.87. The highest BCUT2D eigenvalue weighted by molar-refractivity contribution is 5.89. The molecule has 0 bridgehead atoms. The molecule has 2 unspecified atom stereocenters. The van der Waals surface area contributed by atoms with Gasteiger partial charge >= 0.3 is 0 Å². The van der Waals surface area contributed by atoms with Crippen LogP contribution in [0.2, 0.25) is 0 Å². The molecule has 3 heterocycles. The van der Waals surface area contributed by atoms with Crippen LogP contribution in [0.1, 0.15) is 36.1 Å². The number of carbonyl (C=O) groups is 2. The minimum atomic E-state index is -0.225. The van der Waals surface area contributed by atoms with E-state index >= 15 is 0 Å². The van der Waals surface area contributed by atoms with E-state index in [9.17, 15) is 9.59 Å². The standard InChI is InChI=1S/C26H31N3O3/c1-19(21-5-3-2-4-6-21)29-18-23(16-25(29)30)26(31)28-12-10-27(11-13-28)17-20-7-8-24-22(15-20)9-14-32-24/h2-8,15,19,23H,9-14,16-18H2,1H3. The molecule has 6 nitrogen and oxygen atoms in total. The summed E-state index contributed by atoms with van der Waals surface area (Å²) in [4.78, 5) is 32.1. The quantitative estimate of drug-likeness (QED) is 0.728. The molecule has 2 amide bonds. The van der Waals surface area contributed by atoms with E-state index in [4.69, 9.17) is 4.74 Å². The van der Waals surface area contributed by atoms with Crippen molar-refractivity contribution in [3.63, 3.8) is 0 Å². The van der Waals surface area contributed by atoms with Crippen LogP contribution < -0.4 is 4.74 Å². The zero-order valence-electron chi connectivity index (χ0n) is 18.7. The molecule has 0 saturated carbocycles. The number of carbonyl (C=O) groups excluding carboxylic acids is 2. The van der Waals surface area contributed by atoms with E-state index in [1.807, 2.05) is 47.1 Å². The van der Waals surface area contributed by atoms with Gasteiger partial charge in [-0.2, -0.15) is 0 Å². The Morgan fingerprint density at radius 2 is 1.88 bits per heavy atom. The molecule has 32 heavy (non-hydrogen) atoms. The van der Waals surface area contributed by atoms with Gasteiger partial charge in [0.2, 0.25) is 11.8 Å². The number of nitrogens with zero attached hydrogens (tertiary/aromatic N) is 3. The smallest absolute Gasteiger partial charge is 0.228 e. The summed E-state index contributed by atoms with van der Waals surface area (Å²) in [5, 5.41) is 0. The Balaban J connectivity index is 1.14. The molecule has 3 aliphatic heterocycles. The third-order valence-corrected chi connectivity index (χ3v) is 7.10. The molecule has 2 aromatic rings. The number of hydrogen-bond donors (Lipinski definition) is 0. The van der Waals surface area contributed by atoms with Crippen molar-refractivity contribution in [1.82, 2.24) is 14.7 Å². The van der Waals surface area contributed by atoms with Gasteiger partial charge in [-0.25, -0.2) is 0 Å². The number of benzene rings is 2. The maximum atomic E-state index is 13.2. The molecule has 168 valence electrons. The van der Waals surface area contributed by atoms with Crippen LogP contribution in [-0.4, -0.2) is 65.8 Å². The van der Waals surface area contributed by atoms with Gasteiger partial charge in [-0.3, -0.25) is 14.5 Å². The normalized spacial score (nSPS) is 22.0. The molecule has 2 saturated heterocycles. The van der Waals surface area contributed by atoms with E-state index in [2.05, 4.69) is 23.1 Å². The SMILES string of the molecule is CC(c1ccccc1)N1CC(C(=O)N2CCN(Cc3ccc4c(c3)CCO4)CC2)CC1=O. The maximum absolute atomic E-state index is 13.2. The van der Waals surface area contributed by atoms with Crippen LogP contribution in [0.15, 0.2) is 48.5 Å². The Bertz CT molecular complexity index is 985. The van der Waals surface area contributed by atoms with Crippen molar-refractivity contribution in [1.29, 1.82) is 0 Å². The van der Waals surface area contributed by atoms with Crippen LogP contribution in [0.25, 0.3) is 0 Å². The summed E-state index contributed by atoms with van der Waals surface area (Å²) in [6.45, 7) is 7.44. The third-order valence-electron chi connectivity index (χ3n) is 7.10. The lowest BCUT2D eigenvalue weighted by Gasteiger charge is -2.36. The molecule has 2 aromatic carbocycles. The van der Waals surface area contributed by atoms with E-state index in [1.54, 1.807) is 0 Å². The molecular formula is C26H31N3O3. The van der Waals surface area contributed by atoms with Crippen molar-refractivity contribution in [2.75, 3.05) is 39.3 Å². The summed E-state index contributed by atoms with van der Waals surface area (Å²) in [5.41, 5.74) is 3.72. The predicted octanol–water partition coefficient (Wildman–Crippen LogP) is 2.88. The average Bonchev–Trinajstić information content (AvgIpc) is 3.45. The van der Waals surface area contributed by atoms with E-state index in [0.717, 1.165) is 57.1 Å². The zero-order valence-corrected chi connectivity index (χ0v) is 18.7. The summed E-state index contributed by atoms with van der Waals surface area (Å²) in [6, 6.07) is 16.5. The third kappa shape index (κ3) is 4.24. The van der Waals surface area contributed by atoms with E-state index in [1.165, 1.54) is 11.1 Å². The monoisotopic (exact) mass is 433 g/mol. The molecule has 0 spiro atoms. The van der Waals surface area contributed by atoms with Crippen molar-refractivity contribution >= 4 is 11.8 Å². The number of ether oxygens (including phenoxy) is 1. The summed E-state index contributed by atoms with van der Waals surface area (Å²) < 4.78 is 5.60. The molecular weight excluding hydrogens is 402 g/mol. The topological polar surface area (TPSA) is 53.1 Å². The molecule has 0 aromatic heterocycles. The van der Waals surface area contributed by atoms with Crippen LogP contribution in [0.4, 0.5) is 0 Å². The fourth-order valence-corrected chi connectivity index (χ4v) is 5.16. The lowest BCUT2D eigenvalue weighted by Crippen LogP contribution is -2.50.